The molecule has 1 aromatic carbocycles. The number of fused-ring (bicyclic) bond motifs is 1. The molecule has 0 unspecified atom stereocenters. The molecule has 0 saturated carbocycles. The van der Waals surface area contributed by atoms with Gasteiger partial charge in [0, 0.05) is 22.8 Å². The summed E-state index contributed by atoms with van der Waals surface area (Å²) in [5.74, 6) is -1.16. The highest BCUT2D eigenvalue weighted by Gasteiger charge is 2.28. The number of halogens is 4. The minimum atomic E-state index is -4.48. The lowest BCUT2D eigenvalue weighted by Crippen LogP contribution is -2.33. The third kappa shape index (κ3) is 4.27. The molecule has 148 valence electrons. The van der Waals surface area contributed by atoms with Gasteiger partial charge >= 0.3 is 6.18 Å². The smallest absolute Gasteiger partial charge is 0.342 e. The Morgan fingerprint density at radius 2 is 1.83 bits per heavy atom. The van der Waals surface area contributed by atoms with E-state index in [1.165, 1.54) is 18.3 Å². The van der Waals surface area contributed by atoms with Crippen molar-refractivity contribution in [3.63, 3.8) is 0 Å². The summed E-state index contributed by atoms with van der Waals surface area (Å²) >= 11 is 0.976. The largest absolute Gasteiger partial charge is 0.405 e. The molecule has 3 aromatic heterocycles. The van der Waals surface area contributed by atoms with Gasteiger partial charge in [0.05, 0.1) is 6.20 Å². The summed E-state index contributed by atoms with van der Waals surface area (Å²) in [7, 11) is 0. The summed E-state index contributed by atoms with van der Waals surface area (Å²) in [5, 5.41) is 3.06. The number of hydrogen-bond donors (Lipinski definition) is 2. The number of aromatic nitrogens is 3. The molecular weight excluding hydrogens is 408 g/mol. The van der Waals surface area contributed by atoms with Crippen molar-refractivity contribution < 1.29 is 22.4 Å². The van der Waals surface area contributed by atoms with Crippen LogP contribution in [0.5, 0.6) is 0 Å². The summed E-state index contributed by atoms with van der Waals surface area (Å²) < 4.78 is 49.8. The number of aromatic amines is 1. The average molecular weight is 420 g/mol. The Balaban J connectivity index is 1.58. The van der Waals surface area contributed by atoms with Crippen molar-refractivity contribution in [2.45, 2.75) is 6.18 Å². The summed E-state index contributed by atoms with van der Waals surface area (Å²) in [6.45, 7) is -1.40. The van der Waals surface area contributed by atoms with E-state index in [2.05, 4.69) is 15.0 Å². The second-order valence-electron chi connectivity index (χ2n) is 6.18. The number of carbonyl (C=O) groups excluding carboxylic acids is 1. The van der Waals surface area contributed by atoms with Crippen LogP contribution in [0.4, 0.5) is 17.6 Å². The fraction of sp³-hybridized carbons (Fsp3) is 0.105. The third-order valence-corrected chi connectivity index (χ3v) is 5.10. The number of nitrogens with one attached hydrogen (secondary N) is 2. The third-order valence-electron chi connectivity index (χ3n) is 4.05. The molecule has 0 aliphatic rings. The Morgan fingerprint density at radius 1 is 1.07 bits per heavy atom. The zero-order chi connectivity index (χ0) is 20.6. The quantitative estimate of drug-likeness (QED) is 0.467. The molecule has 4 aromatic rings. The second-order valence-corrected chi connectivity index (χ2v) is 7.21. The first-order chi connectivity index (χ1) is 13.8. The molecule has 29 heavy (non-hydrogen) atoms. The second kappa shape index (κ2) is 7.28. The van der Waals surface area contributed by atoms with Crippen molar-refractivity contribution in [3.8, 4) is 21.8 Å². The van der Waals surface area contributed by atoms with E-state index in [-0.39, 0.29) is 10.7 Å². The van der Waals surface area contributed by atoms with Crippen molar-refractivity contribution in [3.05, 3.63) is 59.5 Å². The number of benzene rings is 1. The van der Waals surface area contributed by atoms with E-state index in [0.717, 1.165) is 28.0 Å². The molecule has 0 spiro atoms. The van der Waals surface area contributed by atoms with Crippen molar-refractivity contribution in [1.82, 2.24) is 20.3 Å². The van der Waals surface area contributed by atoms with Gasteiger partial charge < -0.3 is 10.3 Å². The molecule has 1 amide bonds. The highest BCUT2D eigenvalue weighted by Crippen LogP contribution is 2.29. The van der Waals surface area contributed by atoms with Gasteiger partial charge in [0.1, 0.15) is 27.9 Å². The normalized spacial score (nSPS) is 11.7. The van der Waals surface area contributed by atoms with Crippen LogP contribution >= 0.6 is 11.3 Å². The number of hydrogen-bond acceptors (Lipinski definition) is 4. The first-order valence-corrected chi connectivity index (χ1v) is 9.16. The average Bonchev–Trinajstić information content (AvgIpc) is 3.32. The number of alkyl halides is 3. The van der Waals surface area contributed by atoms with Crippen LogP contribution in [-0.2, 0) is 0 Å². The van der Waals surface area contributed by atoms with Gasteiger partial charge in [-0.15, -0.1) is 11.3 Å². The van der Waals surface area contributed by atoms with Crippen molar-refractivity contribution in [1.29, 1.82) is 0 Å². The van der Waals surface area contributed by atoms with Crippen LogP contribution in [0.15, 0.2) is 48.8 Å². The molecule has 3 heterocycles. The molecule has 4 rings (SSSR count). The molecule has 0 fully saturated rings. The van der Waals surface area contributed by atoms with Crippen molar-refractivity contribution in [2.75, 3.05) is 6.54 Å². The lowest BCUT2D eigenvalue weighted by atomic mass is 10.1. The van der Waals surface area contributed by atoms with Gasteiger partial charge in [-0.1, -0.05) is 0 Å². The van der Waals surface area contributed by atoms with E-state index in [1.807, 2.05) is 17.4 Å². The molecular formula is C19H12F4N4OS. The fourth-order valence-corrected chi connectivity index (χ4v) is 3.51. The number of amides is 1. The first kappa shape index (κ1) is 19.1. The minimum Gasteiger partial charge on any atom is -0.342 e. The summed E-state index contributed by atoms with van der Waals surface area (Å²) in [5.41, 5.74) is 2.80. The predicted molar refractivity (Wildman–Crippen MR) is 101 cm³/mol. The van der Waals surface area contributed by atoms with Gasteiger partial charge in [-0.3, -0.25) is 4.79 Å². The SMILES string of the molecule is O=C(NCC(F)(F)F)c1cnc(-c2cnc3[nH]c(-c4ccc(F)cc4)cc3c2)s1. The molecule has 10 heteroatoms. The zero-order valence-corrected chi connectivity index (χ0v) is 15.4. The van der Waals surface area contributed by atoms with Gasteiger partial charge in [0.2, 0.25) is 0 Å². The Labute approximate surface area is 165 Å². The number of thiazole rings is 1. The molecule has 0 atom stereocenters. The van der Waals surface area contributed by atoms with Gasteiger partial charge in [-0.05, 0) is 42.0 Å². The van der Waals surface area contributed by atoms with Crippen LogP contribution in [0.25, 0.3) is 32.9 Å². The molecule has 0 radical (unpaired) electrons. The highest BCUT2D eigenvalue weighted by molar-refractivity contribution is 7.16. The van der Waals surface area contributed by atoms with E-state index in [4.69, 9.17) is 0 Å². The van der Waals surface area contributed by atoms with Crippen molar-refractivity contribution in [2.24, 2.45) is 0 Å². The van der Waals surface area contributed by atoms with E-state index < -0.39 is 18.6 Å². The molecule has 0 bridgehead atoms. The molecule has 5 nitrogen and oxygen atoms in total. The van der Waals surface area contributed by atoms with Crippen LogP contribution in [0.3, 0.4) is 0 Å². The van der Waals surface area contributed by atoms with Crippen molar-refractivity contribution >= 4 is 28.3 Å². The van der Waals surface area contributed by atoms with E-state index in [1.54, 1.807) is 18.3 Å². The molecule has 2 N–H and O–H groups in total. The van der Waals surface area contributed by atoms with Crippen LogP contribution in [-0.4, -0.2) is 33.6 Å². The Kier molecular flexibility index (Phi) is 4.79. The first-order valence-electron chi connectivity index (χ1n) is 8.34. The van der Waals surface area contributed by atoms with E-state index >= 15 is 0 Å². The minimum absolute atomic E-state index is 0.0745. The highest BCUT2D eigenvalue weighted by atomic mass is 32.1. The number of H-pyrrole nitrogens is 1. The van der Waals surface area contributed by atoms with Gasteiger partial charge in [0.25, 0.3) is 5.91 Å². The number of pyridine rings is 1. The Hall–Kier alpha value is -3.27. The van der Waals surface area contributed by atoms with E-state index in [9.17, 15) is 22.4 Å². The maximum absolute atomic E-state index is 13.1. The molecule has 0 saturated heterocycles. The number of rotatable bonds is 4. The number of nitrogens with zero attached hydrogens (tertiary/aromatic N) is 2. The number of carbonyl (C=O) groups is 1. The van der Waals surface area contributed by atoms with Crippen LogP contribution < -0.4 is 5.32 Å². The van der Waals surface area contributed by atoms with Crippen LogP contribution in [0.2, 0.25) is 0 Å². The maximum Gasteiger partial charge on any atom is 0.405 e. The molecule has 0 aliphatic heterocycles. The monoisotopic (exact) mass is 420 g/mol. The van der Waals surface area contributed by atoms with Gasteiger partial charge in [-0.2, -0.15) is 13.2 Å². The predicted octanol–water partition coefficient (Wildman–Crippen LogP) is 4.78. The maximum atomic E-state index is 13.1. The van der Waals surface area contributed by atoms with Crippen LogP contribution in [0.1, 0.15) is 9.67 Å². The fourth-order valence-electron chi connectivity index (χ4n) is 2.70. The molecule has 0 aliphatic carbocycles. The Bertz CT molecular complexity index is 1180. The summed E-state index contributed by atoms with van der Waals surface area (Å²) in [6, 6.07) is 9.67. The van der Waals surface area contributed by atoms with Crippen LogP contribution in [0, 0.1) is 5.82 Å². The van der Waals surface area contributed by atoms with Gasteiger partial charge in [-0.25, -0.2) is 14.4 Å². The topological polar surface area (TPSA) is 70.7 Å². The standard InChI is InChI=1S/C19H12F4N4OS/c20-13-3-1-10(2-4-13)14-6-11-5-12(7-24-16(11)27-14)18-25-8-15(29-18)17(28)26-9-19(21,22)23/h1-8H,9H2,(H,24,27)(H,26,28). The van der Waals surface area contributed by atoms with Gasteiger partial charge in [0.15, 0.2) is 0 Å². The zero-order valence-electron chi connectivity index (χ0n) is 14.5. The van der Waals surface area contributed by atoms with E-state index in [0.29, 0.717) is 16.2 Å². The lowest BCUT2D eigenvalue weighted by molar-refractivity contribution is -0.123. The summed E-state index contributed by atoms with van der Waals surface area (Å²) in [6.07, 6.45) is -1.69. The lowest BCUT2D eigenvalue weighted by Gasteiger charge is -2.06. The summed E-state index contributed by atoms with van der Waals surface area (Å²) in [4.78, 5) is 23.5. The Morgan fingerprint density at radius 3 is 2.55 bits per heavy atom.